The molecule has 0 aliphatic carbocycles. The summed E-state index contributed by atoms with van der Waals surface area (Å²) < 4.78 is 37.9. The second kappa shape index (κ2) is 15.3. The van der Waals surface area contributed by atoms with Crippen molar-refractivity contribution >= 4 is 50.3 Å². The number of amides is 4. The third kappa shape index (κ3) is 10.4. The Balaban J connectivity index is 1.76. The molecule has 4 amide bonds. The lowest BCUT2D eigenvalue weighted by molar-refractivity contribution is -0.141. The zero-order valence-electron chi connectivity index (χ0n) is 24.3. The van der Waals surface area contributed by atoms with Gasteiger partial charge in [0.05, 0.1) is 18.2 Å². The van der Waals surface area contributed by atoms with Gasteiger partial charge in [-0.1, -0.05) is 36.4 Å². The highest BCUT2D eigenvalue weighted by Gasteiger charge is 2.32. The highest BCUT2D eigenvalue weighted by atomic mass is 32.2. The number of primary amides is 1. The van der Waals surface area contributed by atoms with Gasteiger partial charge in [-0.2, -0.15) is 0 Å². The first-order chi connectivity index (χ1) is 21.1. The molecule has 16 heteroatoms. The van der Waals surface area contributed by atoms with Crippen LogP contribution in [0.5, 0.6) is 0 Å². The number of para-hydroxylation sites is 1. The van der Waals surface area contributed by atoms with Gasteiger partial charge in [0.2, 0.25) is 23.6 Å². The monoisotopic (exact) mass is 646 g/mol. The third-order valence-corrected chi connectivity index (χ3v) is 7.89. The molecule has 0 unspecified atom stereocenters. The fraction of sp³-hybridized carbons (Fsp3) is 0.345. The predicted molar refractivity (Wildman–Crippen MR) is 162 cm³/mol. The normalized spacial score (nSPS) is 14.1. The van der Waals surface area contributed by atoms with Crippen LogP contribution in [0.25, 0.3) is 10.9 Å². The van der Waals surface area contributed by atoms with E-state index in [0.29, 0.717) is 0 Å². The van der Waals surface area contributed by atoms with E-state index in [1.54, 1.807) is 6.20 Å². The van der Waals surface area contributed by atoms with E-state index in [9.17, 15) is 41.9 Å². The number of nitrogens with two attached hydrogens (primary N) is 2. The van der Waals surface area contributed by atoms with Gasteiger partial charge in [0.1, 0.15) is 33.8 Å². The lowest BCUT2D eigenvalue weighted by Crippen LogP contribution is -2.58. The number of benzene rings is 2. The average molecular weight is 647 g/mol. The van der Waals surface area contributed by atoms with Gasteiger partial charge < -0.3 is 37.5 Å². The van der Waals surface area contributed by atoms with Crippen LogP contribution < -0.4 is 27.4 Å². The molecule has 1 aromatic heterocycles. The summed E-state index contributed by atoms with van der Waals surface area (Å²) in [7, 11) is -3.62. The number of nitrogens with one attached hydrogen (secondary N) is 4. The molecule has 0 aliphatic heterocycles. The number of carboxylic acids is 1. The standard InChI is InChI=1S/C29H35FN6O8S/c1-45(43,44)11-10-22(34-27(40)20(31)12-17-15-33-21-9-5-3-7-18(17)21)28(41)36-24(14-25(37)38)29(42)35-23(26(32)39)13-16-6-2-4-8-19(16)30/h2-9,15,20,22-24,33H,10-14,31H2,1H3,(H2,32,39)(H,34,40)(H,35,42)(H,36,41)(H,37,38)/t20-,22+,23+,24+/m1/s1. The van der Waals surface area contributed by atoms with Crippen molar-refractivity contribution in [2.24, 2.45) is 11.5 Å². The highest BCUT2D eigenvalue weighted by Crippen LogP contribution is 2.19. The van der Waals surface area contributed by atoms with E-state index < -0.39 is 88.0 Å². The summed E-state index contributed by atoms with van der Waals surface area (Å²) >= 11 is 0. The summed E-state index contributed by atoms with van der Waals surface area (Å²) in [5.74, 6) is -6.75. The summed E-state index contributed by atoms with van der Waals surface area (Å²) in [4.78, 5) is 66.0. The van der Waals surface area contributed by atoms with Gasteiger partial charge in [-0.25, -0.2) is 12.8 Å². The number of aliphatic carboxylic acids is 1. The maximum absolute atomic E-state index is 14.1. The van der Waals surface area contributed by atoms with Gasteiger partial charge in [-0.05, 0) is 36.1 Å². The highest BCUT2D eigenvalue weighted by molar-refractivity contribution is 7.90. The Hall–Kier alpha value is -4.83. The molecular weight excluding hydrogens is 611 g/mol. The van der Waals surface area contributed by atoms with Crippen molar-refractivity contribution in [2.45, 2.75) is 49.9 Å². The number of hydrogen-bond donors (Lipinski definition) is 7. The van der Waals surface area contributed by atoms with E-state index in [1.807, 2.05) is 24.3 Å². The van der Waals surface area contributed by atoms with Crippen LogP contribution in [0.2, 0.25) is 0 Å². The minimum Gasteiger partial charge on any atom is -0.481 e. The molecule has 1 heterocycles. The van der Waals surface area contributed by atoms with Crippen molar-refractivity contribution in [3.05, 3.63) is 71.7 Å². The number of rotatable bonds is 16. The molecule has 0 saturated heterocycles. The van der Waals surface area contributed by atoms with E-state index in [-0.39, 0.29) is 18.4 Å². The second-order valence-corrected chi connectivity index (χ2v) is 12.8. The van der Waals surface area contributed by atoms with Gasteiger partial charge in [-0.15, -0.1) is 0 Å². The number of carbonyl (C=O) groups is 5. The molecule has 3 rings (SSSR count). The van der Waals surface area contributed by atoms with Crippen LogP contribution in [0.1, 0.15) is 24.0 Å². The summed E-state index contributed by atoms with van der Waals surface area (Å²) in [6.07, 6.45) is 0.948. The zero-order chi connectivity index (χ0) is 33.3. The minimum absolute atomic E-state index is 0.0490. The van der Waals surface area contributed by atoms with Gasteiger partial charge in [0.15, 0.2) is 0 Å². The van der Waals surface area contributed by atoms with Crippen molar-refractivity contribution in [1.29, 1.82) is 0 Å². The number of carbonyl (C=O) groups excluding carboxylic acids is 4. The quantitative estimate of drug-likeness (QED) is 0.104. The van der Waals surface area contributed by atoms with Crippen LogP contribution >= 0.6 is 0 Å². The Kier molecular flexibility index (Phi) is 11.7. The van der Waals surface area contributed by atoms with Gasteiger partial charge in [-0.3, -0.25) is 24.0 Å². The smallest absolute Gasteiger partial charge is 0.305 e. The molecule has 45 heavy (non-hydrogen) atoms. The lowest BCUT2D eigenvalue weighted by atomic mass is 10.0. The van der Waals surface area contributed by atoms with Crippen molar-refractivity contribution in [2.75, 3.05) is 12.0 Å². The topological polar surface area (TPSA) is 244 Å². The summed E-state index contributed by atoms with van der Waals surface area (Å²) in [6.45, 7) is 0. The number of aromatic nitrogens is 1. The molecule has 0 fully saturated rings. The van der Waals surface area contributed by atoms with Crippen LogP contribution in [0.4, 0.5) is 4.39 Å². The van der Waals surface area contributed by atoms with Crippen LogP contribution in [-0.4, -0.2) is 84.3 Å². The Morgan fingerprint density at radius 1 is 0.867 bits per heavy atom. The molecule has 4 atom stereocenters. The molecule has 0 aliphatic rings. The van der Waals surface area contributed by atoms with Crippen molar-refractivity contribution in [1.82, 2.24) is 20.9 Å². The van der Waals surface area contributed by atoms with Crippen molar-refractivity contribution in [3.63, 3.8) is 0 Å². The van der Waals surface area contributed by atoms with Crippen LogP contribution in [0.3, 0.4) is 0 Å². The van der Waals surface area contributed by atoms with Crippen LogP contribution in [-0.2, 0) is 46.7 Å². The number of H-pyrrole nitrogens is 1. The Morgan fingerprint density at radius 2 is 1.47 bits per heavy atom. The lowest BCUT2D eigenvalue weighted by Gasteiger charge is -2.25. The minimum atomic E-state index is -3.62. The van der Waals surface area contributed by atoms with E-state index in [0.717, 1.165) is 28.8 Å². The molecular formula is C29H35FN6O8S. The Labute approximate surface area is 258 Å². The van der Waals surface area contributed by atoms with Crippen molar-refractivity contribution < 1.29 is 41.9 Å². The van der Waals surface area contributed by atoms with Gasteiger partial charge >= 0.3 is 5.97 Å². The van der Waals surface area contributed by atoms with E-state index in [2.05, 4.69) is 20.9 Å². The molecule has 0 radical (unpaired) electrons. The number of hydrogen-bond acceptors (Lipinski definition) is 8. The summed E-state index contributed by atoms with van der Waals surface area (Å²) in [5.41, 5.74) is 13.1. The number of halogens is 1. The van der Waals surface area contributed by atoms with Gasteiger partial charge in [0.25, 0.3) is 0 Å². The fourth-order valence-corrected chi connectivity index (χ4v) is 5.21. The number of fused-ring (bicyclic) bond motifs is 1. The molecule has 0 bridgehead atoms. The van der Waals surface area contributed by atoms with E-state index >= 15 is 0 Å². The maximum Gasteiger partial charge on any atom is 0.305 e. The van der Waals surface area contributed by atoms with Crippen LogP contribution in [0.15, 0.2) is 54.7 Å². The Bertz CT molecular complexity index is 1680. The molecule has 3 aromatic rings. The SMILES string of the molecule is CS(=O)(=O)CC[C@H](NC(=O)[C@H](N)Cc1c[nH]c2ccccc12)C(=O)N[C@@H](CC(=O)O)C(=O)N[C@@H](Cc1ccccc1F)C(N)=O. The molecule has 9 N–H and O–H groups in total. The van der Waals surface area contributed by atoms with Crippen LogP contribution in [0, 0.1) is 5.82 Å². The first-order valence-electron chi connectivity index (χ1n) is 13.8. The molecule has 242 valence electrons. The predicted octanol–water partition coefficient (Wildman–Crippen LogP) is -0.731. The zero-order valence-corrected chi connectivity index (χ0v) is 25.1. The number of sulfone groups is 1. The summed E-state index contributed by atoms with van der Waals surface area (Å²) in [5, 5.41) is 17.1. The molecule has 2 aromatic carbocycles. The largest absolute Gasteiger partial charge is 0.481 e. The summed E-state index contributed by atoms with van der Waals surface area (Å²) in [6, 6.07) is 6.80. The molecule has 0 saturated carbocycles. The first kappa shape index (κ1) is 34.7. The second-order valence-electron chi connectivity index (χ2n) is 10.6. The van der Waals surface area contributed by atoms with Gasteiger partial charge in [0, 0.05) is 29.8 Å². The fourth-order valence-electron chi connectivity index (χ4n) is 4.54. The number of carboxylic acid groups (broad SMARTS) is 1. The molecule has 14 nitrogen and oxygen atoms in total. The van der Waals surface area contributed by atoms with Crippen molar-refractivity contribution in [3.8, 4) is 0 Å². The Morgan fingerprint density at radius 3 is 2.11 bits per heavy atom. The maximum atomic E-state index is 14.1. The number of aromatic amines is 1. The molecule has 0 spiro atoms. The average Bonchev–Trinajstić information content (AvgIpc) is 3.37. The third-order valence-electron chi connectivity index (χ3n) is 6.92. The van der Waals surface area contributed by atoms with E-state index in [4.69, 9.17) is 11.5 Å². The van der Waals surface area contributed by atoms with E-state index in [1.165, 1.54) is 18.2 Å². The first-order valence-corrected chi connectivity index (χ1v) is 15.8.